The Bertz CT molecular complexity index is 1210. The van der Waals surface area contributed by atoms with Crippen molar-refractivity contribution in [2.24, 2.45) is 0 Å². The van der Waals surface area contributed by atoms with Gasteiger partial charge in [-0.25, -0.2) is 0 Å². The minimum absolute atomic E-state index is 0.0691. The number of ether oxygens (including phenoxy) is 3. The summed E-state index contributed by atoms with van der Waals surface area (Å²) in [6, 6.07) is 11.7. The Hall–Kier alpha value is -3.88. The van der Waals surface area contributed by atoms with Crippen LogP contribution >= 0.6 is 0 Å². The minimum atomic E-state index is -0.736. The molecular formula is C30H34N2O6. The number of morpholine rings is 1. The van der Waals surface area contributed by atoms with Gasteiger partial charge >= 0.3 is 0 Å². The molecule has 2 aromatic carbocycles. The van der Waals surface area contributed by atoms with Gasteiger partial charge in [0.15, 0.2) is 0 Å². The molecule has 2 fully saturated rings. The molecule has 38 heavy (non-hydrogen) atoms. The summed E-state index contributed by atoms with van der Waals surface area (Å²) in [7, 11) is 0. The molecule has 0 bridgehead atoms. The molecule has 2 aromatic rings. The van der Waals surface area contributed by atoms with Gasteiger partial charge in [0.1, 0.15) is 30.5 Å². The van der Waals surface area contributed by atoms with E-state index in [2.05, 4.69) is 18.1 Å². The van der Waals surface area contributed by atoms with Crippen LogP contribution in [0.5, 0.6) is 11.5 Å². The minimum Gasteiger partial charge on any atom is -0.507 e. The number of nitrogens with zero attached hydrogens (tertiary/aromatic N) is 2. The van der Waals surface area contributed by atoms with E-state index >= 15 is 0 Å². The molecule has 4 rings (SSSR count). The normalized spacial score (nSPS) is 19.4. The molecule has 1 atom stereocenters. The van der Waals surface area contributed by atoms with Crippen LogP contribution in [0.15, 0.2) is 73.3 Å². The van der Waals surface area contributed by atoms with E-state index in [9.17, 15) is 14.7 Å². The molecule has 8 nitrogen and oxygen atoms in total. The van der Waals surface area contributed by atoms with Gasteiger partial charge in [0.2, 0.25) is 0 Å². The van der Waals surface area contributed by atoms with E-state index in [1.807, 2.05) is 19.1 Å². The Morgan fingerprint density at radius 2 is 1.63 bits per heavy atom. The lowest BCUT2D eigenvalue weighted by molar-refractivity contribution is -0.140. The molecule has 8 heteroatoms. The monoisotopic (exact) mass is 518 g/mol. The second-order valence-corrected chi connectivity index (χ2v) is 9.19. The van der Waals surface area contributed by atoms with Gasteiger partial charge < -0.3 is 24.2 Å². The Labute approximate surface area is 223 Å². The average Bonchev–Trinajstić information content (AvgIpc) is 3.19. The van der Waals surface area contributed by atoms with Gasteiger partial charge in [-0.05, 0) is 48.4 Å². The molecule has 2 aliphatic heterocycles. The molecule has 0 spiro atoms. The number of hydrogen-bond acceptors (Lipinski definition) is 7. The lowest BCUT2D eigenvalue weighted by atomic mass is 9.94. The van der Waals surface area contributed by atoms with Crippen LogP contribution in [-0.2, 0) is 14.3 Å². The van der Waals surface area contributed by atoms with Crippen molar-refractivity contribution in [1.82, 2.24) is 9.80 Å². The SMILES string of the molecule is C=CCOc1ccc(C2/C(=C(/O)c3ccc(OCC=C)cc3C)C(=O)C(=O)N2CCN2CCOCC2)cc1. The van der Waals surface area contributed by atoms with E-state index in [0.29, 0.717) is 62.1 Å². The lowest BCUT2D eigenvalue weighted by Gasteiger charge is -2.31. The zero-order valence-corrected chi connectivity index (χ0v) is 21.7. The number of hydrogen-bond donors (Lipinski definition) is 1. The zero-order chi connectivity index (χ0) is 27.1. The van der Waals surface area contributed by atoms with Crippen LogP contribution in [0.2, 0.25) is 0 Å². The van der Waals surface area contributed by atoms with Crippen LogP contribution in [0.25, 0.3) is 5.76 Å². The molecule has 2 heterocycles. The van der Waals surface area contributed by atoms with Crippen LogP contribution in [0.1, 0.15) is 22.7 Å². The zero-order valence-electron chi connectivity index (χ0n) is 21.7. The molecule has 0 aliphatic carbocycles. The quantitative estimate of drug-likeness (QED) is 0.209. The summed E-state index contributed by atoms with van der Waals surface area (Å²) in [6.07, 6.45) is 3.31. The second-order valence-electron chi connectivity index (χ2n) is 9.19. The Balaban J connectivity index is 1.71. The summed E-state index contributed by atoms with van der Waals surface area (Å²) in [6.45, 7) is 13.6. The van der Waals surface area contributed by atoms with Crippen molar-refractivity contribution in [1.29, 1.82) is 0 Å². The fourth-order valence-corrected chi connectivity index (χ4v) is 4.72. The number of ketones is 1. The highest BCUT2D eigenvalue weighted by Crippen LogP contribution is 2.40. The van der Waals surface area contributed by atoms with E-state index in [1.54, 1.807) is 47.4 Å². The maximum absolute atomic E-state index is 13.4. The number of rotatable bonds is 11. The van der Waals surface area contributed by atoms with E-state index in [1.165, 1.54) is 0 Å². The van der Waals surface area contributed by atoms with Crippen molar-refractivity contribution < 1.29 is 28.9 Å². The molecule has 0 aromatic heterocycles. The number of Topliss-reactive ketones (excluding diaryl/α,β-unsaturated/α-hetero) is 1. The predicted octanol–water partition coefficient (Wildman–Crippen LogP) is 3.88. The number of benzene rings is 2. The van der Waals surface area contributed by atoms with E-state index in [4.69, 9.17) is 14.2 Å². The summed E-state index contributed by atoms with van der Waals surface area (Å²) in [4.78, 5) is 30.4. The molecule has 0 radical (unpaired) electrons. The number of amides is 1. The van der Waals surface area contributed by atoms with Crippen molar-refractivity contribution in [3.8, 4) is 11.5 Å². The predicted molar refractivity (Wildman–Crippen MR) is 145 cm³/mol. The smallest absolute Gasteiger partial charge is 0.295 e. The summed E-state index contributed by atoms with van der Waals surface area (Å²) >= 11 is 0. The topological polar surface area (TPSA) is 88.5 Å². The van der Waals surface area contributed by atoms with Crippen LogP contribution in [0, 0.1) is 6.92 Å². The van der Waals surface area contributed by atoms with Crippen molar-refractivity contribution in [2.45, 2.75) is 13.0 Å². The number of carbonyl (C=O) groups is 2. The van der Waals surface area contributed by atoms with Gasteiger partial charge in [0, 0.05) is 31.7 Å². The summed E-state index contributed by atoms with van der Waals surface area (Å²) in [5.41, 5.74) is 1.97. The molecule has 2 saturated heterocycles. The van der Waals surface area contributed by atoms with Crippen LogP contribution in [-0.4, -0.2) is 79.2 Å². The van der Waals surface area contributed by atoms with Crippen molar-refractivity contribution >= 4 is 17.4 Å². The van der Waals surface area contributed by atoms with Crippen molar-refractivity contribution in [3.63, 3.8) is 0 Å². The highest BCUT2D eigenvalue weighted by Gasteiger charge is 2.46. The lowest BCUT2D eigenvalue weighted by Crippen LogP contribution is -2.42. The largest absolute Gasteiger partial charge is 0.507 e. The fourth-order valence-electron chi connectivity index (χ4n) is 4.72. The van der Waals surface area contributed by atoms with Crippen LogP contribution in [0.3, 0.4) is 0 Å². The number of aliphatic hydroxyl groups excluding tert-OH is 1. The molecule has 2 aliphatic rings. The molecular weight excluding hydrogens is 484 g/mol. The molecule has 200 valence electrons. The maximum atomic E-state index is 13.4. The van der Waals surface area contributed by atoms with E-state index < -0.39 is 17.7 Å². The van der Waals surface area contributed by atoms with Gasteiger partial charge in [-0.1, -0.05) is 37.4 Å². The first-order valence-corrected chi connectivity index (χ1v) is 12.7. The van der Waals surface area contributed by atoms with Gasteiger partial charge in [0.25, 0.3) is 11.7 Å². The first-order chi connectivity index (χ1) is 18.4. The fraction of sp³-hybridized carbons (Fsp3) is 0.333. The number of aryl methyl sites for hydroxylation is 1. The summed E-state index contributed by atoms with van der Waals surface area (Å²) in [5.74, 6) is -0.267. The number of likely N-dealkylation sites (tertiary alicyclic amines) is 1. The van der Waals surface area contributed by atoms with Gasteiger partial charge in [-0.15, -0.1) is 0 Å². The van der Waals surface area contributed by atoms with Crippen LogP contribution < -0.4 is 9.47 Å². The average molecular weight is 519 g/mol. The maximum Gasteiger partial charge on any atom is 0.295 e. The molecule has 1 amide bonds. The van der Waals surface area contributed by atoms with Crippen LogP contribution in [0.4, 0.5) is 0 Å². The first-order valence-electron chi connectivity index (χ1n) is 12.7. The first kappa shape index (κ1) is 27.2. The third kappa shape index (κ3) is 5.98. The molecule has 1 unspecified atom stereocenters. The second kappa shape index (κ2) is 12.6. The van der Waals surface area contributed by atoms with Crippen molar-refractivity contribution in [2.75, 3.05) is 52.6 Å². The third-order valence-electron chi connectivity index (χ3n) is 6.69. The van der Waals surface area contributed by atoms with Gasteiger partial charge in [-0.2, -0.15) is 0 Å². The highest BCUT2D eigenvalue weighted by molar-refractivity contribution is 6.46. The summed E-state index contributed by atoms with van der Waals surface area (Å²) < 4.78 is 16.6. The number of aliphatic hydroxyl groups is 1. The third-order valence-corrected chi connectivity index (χ3v) is 6.69. The Morgan fingerprint density at radius 3 is 2.26 bits per heavy atom. The molecule has 1 N–H and O–H groups in total. The van der Waals surface area contributed by atoms with E-state index in [0.717, 1.165) is 18.7 Å². The van der Waals surface area contributed by atoms with Gasteiger partial charge in [0.05, 0.1) is 24.8 Å². The summed E-state index contributed by atoms with van der Waals surface area (Å²) in [5, 5.41) is 11.5. The van der Waals surface area contributed by atoms with Gasteiger partial charge in [-0.3, -0.25) is 14.5 Å². The standard InChI is InChI=1S/C30H34N2O6/c1-4-16-37-23-8-6-22(7-9-23)27-26(28(33)25-11-10-24(20-21(25)3)38-17-5-2)29(34)30(35)32(27)13-12-31-14-18-36-19-15-31/h4-11,20,27,33H,1-2,12-19H2,3H3/b28-26-. The Kier molecular flexibility index (Phi) is 8.99. The van der Waals surface area contributed by atoms with E-state index in [-0.39, 0.29) is 11.3 Å². The van der Waals surface area contributed by atoms with Crippen molar-refractivity contribution in [3.05, 3.63) is 90.0 Å². The Morgan fingerprint density at radius 1 is 1.00 bits per heavy atom. The molecule has 0 saturated carbocycles. The number of carbonyl (C=O) groups excluding carboxylic acids is 2. The highest BCUT2D eigenvalue weighted by atomic mass is 16.5.